The van der Waals surface area contributed by atoms with Gasteiger partial charge in [-0.05, 0) is 39.0 Å². The highest BCUT2D eigenvalue weighted by Gasteiger charge is 2.33. The molecule has 0 amide bonds. The summed E-state index contributed by atoms with van der Waals surface area (Å²) < 4.78 is 38.1. The molecule has 3 N–H and O–H groups in total. The van der Waals surface area contributed by atoms with Crippen LogP contribution in [0.2, 0.25) is 0 Å². The number of rotatable bonds is 1. The number of anilines is 1. The Balaban J connectivity index is 3.02. The molecule has 1 rings (SSSR count). The zero-order valence-electron chi connectivity index (χ0n) is 10.8. The van der Waals surface area contributed by atoms with Gasteiger partial charge in [-0.15, -0.1) is 0 Å². The molecule has 0 radical (unpaired) electrons. The first-order valence-corrected chi connectivity index (χ1v) is 6.27. The number of guanidine groups is 1. The Morgan fingerprint density at radius 1 is 1.26 bits per heavy atom. The summed E-state index contributed by atoms with van der Waals surface area (Å²) in [5, 5.41) is 2.65. The number of nitrogens with one attached hydrogen (secondary N) is 1. The third-order valence-corrected chi connectivity index (χ3v) is 2.69. The van der Waals surface area contributed by atoms with Crippen LogP contribution in [0.1, 0.15) is 26.3 Å². The first-order chi connectivity index (χ1) is 8.49. The minimum absolute atomic E-state index is 0.0168. The molecule has 0 bridgehead atoms. The fourth-order valence-corrected chi connectivity index (χ4v) is 1.83. The average molecular weight is 338 g/mol. The molecule has 0 aliphatic carbocycles. The SMILES string of the molecule is CC(C)(C)N=C(N)Nc1ccc(Br)c(C(F)(F)F)c1. The predicted octanol–water partition coefficient (Wildman–Crippen LogP) is 3.99. The number of benzene rings is 1. The van der Waals surface area contributed by atoms with Crippen molar-refractivity contribution in [2.24, 2.45) is 10.7 Å². The summed E-state index contributed by atoms with van der Waals surface area (Å²) >= 11 is 2.87. The summed E-state index contributed by atoms with van der Waals surface area (Å²) in [5.74, 6) is 0.0722. The number of nitrogens with zero attached hydrogens (tertiary/aromatic N) is 1. The lowest BCUT2D eigenvalue weighted by Gasteiger charge is -2.16. The molecule has 19 heavy (non-hydrogen) atoms. The van der Waals surface area contributed by atoms with Crippen molar-refractivity contribution in [3.63, 3.8) is 0 Å². The summed E-state index contributed by atoms with van der Waals surface area (Å²) in [6, 6.07) is 3.79. The number of alkyl halides is 3. The molecule has 0 aliphatic heterocycles. The topological polar surface area (TPSA) is 50.4 Å². The van der Waals surface area contributed by atoms with E-state index in [0.717, 1.165) is 6.07 Å². The van der Waals surface area contributed by atoms with Gasteiger partial charge in [0.05, 0.1) is 11.1 Å². The Morgan fingerprint density at radius 3 is 2.32 bits per heavy atom. The molecule has 0 fully saturated rings. The Labute approximate surface area is 118 Å². The van der Waals surface area contributed by atoms with E-state index in [4.69, 9.17) is 5.73 Å². The minimum atomic E-state index is -4.42. The van der Waals surface area contributed by atoms with Crippen molar-refractivity contribution in [1.82, 2.24) is 0 Å². The molecule has 0 atom stereocenters. The van der Waals surface area contributed by atoms with E-state index >= 15 is 0 Å². The van der Waals surface area contributed by atoms with Crippen LogP contribution < -0.4 is 11.1 Å². The lowest BCUT2D eigenvalue weighted by Crippen LogP contribution is -2.27. The molecule has 0 heterocycles. The first-order valence-electron chi connectivity index (χ1n) is 5.48. The molecule has 7 heteroatoms. The van der Waals surface area contributed by atoms with Crippen molar-refractivity contribution in [1.29, 1.82) is 0 Å². The maximum Gasteiger partial charge on any atom is 0.417 e. The van der Waals surface area contributed by atoms with Gasteiger partial charge in [0.1, 0.15) is 0 Å². The second kappa shape index (κ2) is 5.40. The highest BCUT2D eigenvalue weighted by Crippen LogP contribution is 2.36. The van der Waals surface area contributed by atoms with E-state index in [1.807, 2.05) is 20.8 Å². The molecule has 0 spiro atoms. The van der Waals surface area contributed by atoms with Crippen molar-refractivity contribution >= 4 is 27.6 Å². The summed E-state index contributed by atoms with van der Waals surface area (Å²) in [6.07, 6.45) is -4.42. The molecular weight excluding hydrogens is 323 g/mol. The highest BCUT2D eigenvalue weighted by molar-refractivity contribution is 9.10. The van der Waals surface area contributed by atoms with Gasteiger partial charge in [0, 0.05) is 10.2 Å². The Hall–Kier alpha value is -1.24. The highest BCUT2D eigenvalue weighted by atomic mass is 79.9. The molecular formula is C12H15BrF3N3. The van der Waals surface area contributed by atoms with E-state index in [9.17, 15) is 13.2 Å². The molecule has 0 unspecified atom stereocenters. The van der Waals surface area contributed by atoms with Gasteiger partial charge in [0.2, 0.25) is 0 Å². The summed E-state index contributed by atoms with van der Waals surface area (Å²) in [6.45, 7) is 5.51. The quantitative estimate of drug-likeness (QED) is 0.601. The van der Waals surface area contributed by atoms with Gasteiger partial charge >= 0.3 is 6.18 Å². The second-order valence-corrected chi connectivity index (χ2v) is 5.84. The molecule has 3 nitrogen and oxygen atoms in total. The molecule has 0 aliphatic rings. The number of hydrogen-bond acceptors (Lipinski definition) is 1. The van der Waals surface area contributed by atoms with Crippen LogP contribution in [0.15, 0.2) is 27.7 Å². The number of hydrogen-bond donors (Lipinski definition) is 2. The van der Waals surface area contributed by atoms with Crippen LogP contribution in [0.25, 0.3) is 0 Å². The van der Waals surface area contributed by atoms with E-state index in [1.54, 1.807) is 0 Å². The van der Waals surface area contributed by atoms with Crippen molar-refractivity contribution in [2.75, 3.05) is 5.32 Å². The van der Waals surface area contributed by atoms with Crippen molar-refractivity contribution in [3.8, 4) is 0 Å². The van der Waals surface area contributed by atoms with Crippen LogP contribution in [-0.4, -0.2) is 11.5 Å². The molecule has 0 saturated heterocycles. The summed E-state index contributed by atoms with van der Waals surface area (Å²) in [4.78, 5) is 4.11. The molecule has 1 aromatic rings. The van der Waals surface area contributed by atoms with Gasteiger partial charge in [-0.2, -0.15) is 13.2 Å². The minimum Gasteiger partial charge on any atom is -0.370 e. The van der Waals surface area contributed by atoms with E-state index in [-0.39, 0.29) is 16.1 Å². The van der Waals surface area contributed by atoms with Gasteiger partial charge in [-0.3, -0.25) is 0 Å². The Morgan fingerprint density at radius 2 is 1.84 bits per heavy atom. The lowest BCUT2D eigenvalue weighted by atomic mass is 10.1. The third-order valence-electron chi connectivity index (χ3n) is 2.00. The zero-order chi connectivity index (χ0) is 14.8. The summed E-state index contributed by atoms with van der Waals surface area (Å²) in [7, 11) is 0. The molecule has 1 aromatic carbocycles. The number of aliphatic imine (C=N–C) groups is 1. The van der Waals surface area contributed by atoms with Crippen LogP contribution in [0.3, 0.4) is 0 Å². The molecule has 0 aromatic heterocycles. The largest absolute Gasteiger partial charge is 0.417 e. The first kappa shape index (κ1) is 15.8. The van der Waals surface area contributed by atoms with Gasteiger partial charge in [0.25, 0.3) is 0 Å². The van der Waals surface area contributed by atoms with Crippen LogP contribution in [-0.2, 0) is 6.18 Å². The van der Waals surface area contributed by atoms with Gasteiger partial charge in [-0.1, -0.05) is 15.9 Å². The van der Waals surface area contributed by atoms with E-state index in [2.05, 4.69) is 26.2 Å². The monoisotopic (exact) mass is 337 g/mol. The van der Waals surface area contributed by atoms with Crippen molar-refractivity contribution in [3.05, 3.63) is 28.2 Å². The Bertz CT molecular complexity index is 490. The fourth-order valence-electron chi connectivity index (χ4n) is 1.36. The molecule has 0 saturated carbocycles. The van der Waals surface area contributed by atoms with Gasteiger partial charge in [-0.25, -0.2) is 4.99 Å². The number of nitrogens with two attached hydrogens (primary N) is 1. The normalized spacial score (nSPS) is 13.5. The van der Waals surface area contributed by atoms with Gasteiger partial charge in [0.15, 0.2) is 5.96 Å². The fraction of sp³-hybridized carbons (Fsp3) is 0.417. The predicted molar refractivity (Wildman–Crippen MR) is 74.1 cm³/mol. The lowest BCUT2D eigenvalue weighted by molar-refractivity contribution is -0.138. The van der Waals surface area contributed by atoms with Crippen LogP contribution >= 0.6 is 15.9 Å². The zero-order valence-corrected chi connectivity index (χ0v) is 12.4. The van der Waals surface area contributed by atoms with E-state index in [0.29, 0.717) is 0 Å². The smallest absolute Gasteiger partial charge is 0.370 e. The van der Waals surface area contributed by atoms with Crippen molar-refractivity contribution in [2.45, 2.75) is 32.5 Å². The standard InChI is InChI=1S/C12H15BrF3N3/c1-11(2,3)19-10(17)18-7-4-5-9(13)8(6-7)12(14,15)16/h4-6H,1-3H3,(H3,17,18,19). The van der Waals surface area contributed by atoms with E-state index in [1.165, 1.54) is 12.1 Å². The van der Waals surface area contributed by atoms with Gasteiger partial charge < -0.3 is 11.1 Å². The maximum absolute atomic E-state index is 12.7. The van der Waals surface area contributed by atoms with Crippen LogP contribution in [0, 0.1) is 0 Å². The van der Waals surface area contributed by atoms with Crippen LogP contribution in [0.4, 0.5) is 18.9 Å². The molecule has 106 valence electrons. The Kier molecular flexibility index (Phi) is 4.50. The third kappa shape index (κ3) is 5.10. The number of halogens is 4. The summed E-state index contributed by atoms with van der Waals surface area (Å²) in [5.41, 5.74) is 4.71. The van der Waals surface area contributed by atoms with E-state index < -0.39 is 17.3 Å². The van der Waals surface area contributed by atoms with Crippen LogP contribution in [0.5, 0.6) is 0 Å². The van der Waals surface area contributed by atoms with Crippen molar-refractivity contribution < 1.29 is 13.2 Å². The average Bonchev–Trinajstić information content (AvgIpc) is 2.16. The maximum atomic E-state index is 12.7. The second-order valence-electron chi connectivity index (χ2n) is 4.99.